The van der Waals surface area contributed by atoms with Gasteiger partial charge in [-0.15, -0.1) is 11.8 Å². The second-order valence-corrected chi connectivity index (χ2v) is 6.27. The third-order valence-electron chi connectivity index (χ3n) is 2.79. The Balaban J connectivity index is 2.27. The molecule has 1 aromatic carbocycles. The highest BCUT2D eigenvalue weighted by Crippen LogP contribution is 2.31. The zero-order chi connectivity index (χ0) is 12.4. The van der Waals surface area contributed by atoms with Crippen molar-refractivity contribution in [3.63, 3.8) is 0 Å². The fourth-order valence-electron chi connectivity index (χ4n) is 1.83. The van der Waals surface area contributed by atoms with Crippen LogP contribution in [0.5, 0.6) is 0 Å². The number of rotatable bonds is 2. The quantitative estimate of drug-likeness (QED) is 0.910. The van der Waals surface area contributed by atoms with Crippen LogP contribution < -0.4 is 10.6 Å². The first-order valence-electron chi connectivity index (χ1n) is 5.50. The van der Waals surface area contributed by atoms with Crippen molar-refractivity contribution in [1.29, 1.82) is 0 Å². The van der Waals surface area contributed by atoms with Gasteiger partial charge in [0.25, 0.3) is 0 Å². The Kier molecular flexibility index (Phi) is 4.12. The fourth-order valence-corrected chi connectivity index (χ4v) is 3.46. The molecular weight excluding hydrogens is 300 g/mol. The number of carbonyl (C=O) groups excluding carboxylic acids is 1. The molecule has 92 valence electrons. The van der Waals surface area contributed by atoms with Crippen molar-refractivity contribution in [2.24, 2.45) is 5.73 Å². The van der Waals surface area contributed by atoms with Gasteiger partial charge in [-0.2, -0.15) is 0 Å². The smallest absolute Gasteiger partial charge is 0.237 e. The number of benzene rings is 1. The summed E-state index contributed by atoms with van der Waals surface area (Å²) in [7, 11) is 0. The van der Waals surface area contributed by atoms with Crippen LogP contribution in [0.2, 0.25) is 0 Å². The lowest BCUT2D eigenvalue weighted by Crippen LogP contribution is -2.45. The summed E-state index contributed by atoms with van der Waals surface area (Å²) < 4.78 is 0.966. The monoisotopic (exact) mass is 314 g/mol. The maximum atomic E-state index is 11.9. The molecular formula is C12H15BrN2OS. The second kappa shape index (κ2) is 5.42. The zero-order valence-corrected chi connectivity index (χ0v) is 12.1. The van der Waals surface area contributed by atoms with Crippen LogP contribution in [-0.4, -0.2) is 30.0 Å². The van der Waals surface area contributed by atoms with E-state index in [0.29, 0.717) is 24.1 Å². The molecule has 2 rings (SSSR count). The van der Waals surface area contributed by atoms with Gasteiger partial charge in [-0.3, -0.25) is 4.79 Å². The third-order valence-corrected chi connectivity index (χ3v) is 4.65. The first-order chi connectivity index (χ1) is 8.11. The van der Waals surface area contributed by atoms with Crippen LogP contribution in [-0.2, 0) is 4.79 Å². The maximum Gasteiger partial charge on any atom is 0.237 e. The number of halogens is 1. The van der Waals surface area contributed by atoms with E-state index in [2.05, 4.69) is 15.9 Å². The molecule has 0 aromatic heterocycles. The lowest BCUT2D eigenvalue weighted by Gasteiger charge is -2.32. The minimum atomic E-state index is 0.157. The van der Waals surface area contributed by atoms with Gasteiger partial charge in [0.1, 0.15) is 0 Å². The maximum absolute atomic E-state index is 11.9. The number of aryl methyl sites for hydroxylation is 1. The number of nitrogens with two attached hydrogens (primary N) is 1. The molecule has 1 atom stereocenters. The Morgan fingerprint density at radius 3 is 3.00 bits per heavy atom. The van der Waals surface area contributed by atoms with Crippen molar-refractivity contribution < 1.29 is 4.79 Å². The molecule has 1 aliphatic heterocycles. The van der Waals surface area contributed by atoms with Gasteiger partial charge >= 0.3 is 0 Å². The van der Waals surface area contributed by atoms with E-state index in [-0.39, 0.29) is 5.91 Å². The van der Waals surface area contributed by atoms with Crippen molar-refractivity contribution in [2.45, 2.75) is 12.2 Å². The lowest BCUT2D eigenvalue weighted by molar-refractivity contribution is -0.116. The van der Waals surface area contributed by atoms with Crippen LogP contribution in [0.1, 0.15) is 5.56 Å². The van der Waals surface area contributed by atoms with Crippen LogP contribution >= 0.6 is 27.7 Å². The number of hydrogen-bond acceptors (Lipinski definition) is 3. The van der Waals surface area contributed by atoms with E-state index >= 15 is 0 Å². The summed E-state index contributed by atoms with van der Waals surface area (Å²) in [6.45, 7) is 3.34. The molecule has 3 nitrogen and oxygen atoms in total. The molecule has 5 heteroatoms. The molecule has 0 saturated carbocycles. The standard InChI is InChI=1S/C12H15BrN2OS/c1-8-2-3-11(10(13)4-8)15-6-9(5-14)17-7-12(15)16/h2-4,9H,5-7,14H2,1H3. The van der Waals surface area contributed by atoms with Gasteiger partial charge in [0.05, 0.1) is 11.4 Å². The average Bonchev–Trinajstić information content (AvgIpc) is 2.30. The topological polar surface area (TPSA) is 46.3 Å². The molecule has 0 spiro atoms. The molecule has 0 aliphatic carbocycles. The summed E-state index contributed by atoms with van der Waals surface area (Å²) in [5.41, 5.74) is 7.80. The molecule has 1 fully saturated rings. The predicted molar refractivity (Wildman–Crippen MR) is 76.5 cm³/mol. The van der Waals surface area contributed by atoms with E-state index in [0.717, 1.165) is 10.2 Å². The summed E-state index contributed by atoms with van der Waals surface area (Å²) in [6.07, 6.45) is 0. The van der Waals surface area contributed by atoms with Gasteiger partial charge in [-0.05, 0) is 40.5 Å². The van der Waals surface area contributed by atoms with E-state index < -0.39 is 0 Å². The zero-order valence-electron chi connectivity index (χ0n) is 9.65. The molecule has 17 heavy (non-hydrogen) atoms. The fraction of sp³-hybridized carbons (Fsp3) is 0.417. The van der Waals surface area contributed by atoms with Gasteiger partial charge in [0, 0.05) is 22.8 Å². The Morgan fingerprint density at radius 1 is 1.59 bits per heavy atom. The second-order valence-electron chi connectivity index (χ2n) is 4.13. The Hall–Kier alpha value is -0.520. The summed E-state index contributed by atoms with van der Waals surface area (Å²) in [4.78, 5) is 13.8. The van der Waals surface area contributed by atoms with Crippen molar-refractivity contribution in [2.75, 3.05) is 23.7 Å². The van der Waals surface area contributed by atoms with E-state index in [1.807, 2.05) is 30.0 Å². The molecule has 0 radical (unpaired) electrons. The first-order valence-corrected chi connectivity index (χ1v) is 7.34. The van der Waals surface area contributed by atoms with E-state index in [9.17, 15) is 4.79 Å². The van der Waals surface area contributed by atoms with Gasteiger partial charge < -0.3 is 10.6 Å². The lowest BCUT2D eigenvalue weighted by atomic mass is 10.2. The molecule has 1 aromatic rings. The Bertz CT molecular complexity index is 439. The number of anilines is 1. The van der Waals surface area contributed by atoms with E-state index in [1.54, 1.807) is 11.8 Å². The SMILES string of the molecule is Cc1ccc(N2CC(CN)SCC2=O)c(Br)c1. The largest absolute Gasteiger partial charge is 0.329 e. The van der Waals surface area contributed by atoms with Crippen molar-refractivity contribution in [1.82, 2.24) is 0 Å². The molecule has 0 bridgehead atoms. The first kappa shape index (κ1) is 12.9. The Morgan fingerprint density at radius 2 is 2.35 bits per heavy atom. The van der Waals surface area contributed by atoms with Gasteiger partial charge in [0.15, 0.2) is 0 Å². The highest BCUT2D eigenvalue weighted by atomic mass is 79.9. The highest BCUT2D eigenvalue weighted by Gasteiger charge is 2.27. The van der Waals surface area contributed by atoms with Crippen LogP contribution in [0.3, 0.4) is 0 Å². The molecule has 1 heterocycles. The van der Waals surface area contributed by atoms with Gasteiger partial charge in [-0.1, -0.05) is 6.07 Å². The molecule has 1 unspecified atom stereocenters. The number of amides is 1. The van der Waals surface area contributed by atoms with Crippen LogP contribution in [0, 0.1) is 6.92 Å². The Labute approximate surface area is 114 Å². The van der Waals surface area contributed by atoms with Crippen molar-refractivity contribution in [3.8, 4) is 0 Å². The number of thioether (sulfide) groups is 1. The van der Waals surface area contributed by atoms with Crippen LogP contribution in [0.15, 0.2) is 22.7 Å². The van der Waals surface area contributed by atoms with Gasteiger partial charge in [-0.25, -0.2) is 0 Å². The highest BCUT2D eigenvalue weighted by molar-refractivity contribution is 9.10. The number of carbonyl (C=O) groups is 1. The molecule has 1 aliphatic rings. The number of hydrogen-bond donors (Lipinski definition) is 1. The van der Waals surface area contributed by atoms with Gasteiger partial charge in [0.2, 0.25) is 5.91 Å². The average molecular weight is 315 g/mol. The summed E-state index contributed by atoms with van der Waals surface area (Å²) >= 11 is 5.17. The minimum absolute atomic E-state index is 0.157. The normalized spacial score (nSPS) is 20.8. The van der Waals surface area contributed by atoms with Crippen LogP contribution in [0.25, 0.3) is 0 Å². The summed E-state index contributed by atoms with van der Waals surface area (Å²) in [6, 6.07) is 6.04. The van der Waals surface area contributed by atoms with Crippen molar-refractivity contribution >= 4 is 39.3 Å². The molecule has 1 saturated heterocycles. The predicted octanol–water partition coefficient (Wildman–Crippen LogP) is 2.16. The minimum Gasteiger partial charge on any atom is -0.329 e. The molecule has 2 N–H and O–H groups in total. The van der Waals surface area contributed by atoms with E-state index in [4.69, 9.17) is 5.73 Å². The summed E-state index contributed by atoms with van der Waals surface area (Å²) in [5.74, 6) is 0.673. The summed E-state index contributed by atoms with van der Waals surface area (Å²) in [5, 5.41) is 0.334. The van der Waals surface area contributed by atoms with Crippen LogP contribution in [0.4, 0.5) is 5.69 Å². The third kappa shape index (κ3) is 2.84. The van der Waals surface area contributed by atoms with Crippen molar-refractivity contribution in [3.05, 3.63) is 28.2 Å². The van der Waals surface area contributed by atoms with E-state index in [1.165, 1.54) is 5.56 Å². The number of nitrogens with zero attached hydrogens (tertiary/aromatic N) is 1. The molecule has 1 amide bonds.